The first-order valence-corrected chi connectivity index (χ1v) is 22.6. The molecule has 0 aliphatic heterocycles. The second-order valence-electron chi connectivity index (χ2n) is 7.83. The molecule has 6 heteroatoms. The van der Waals surface area contributed by atoms with Gasteiger partial charge in [-0.2, -0.15) is 0 Å². The van der Waals surface area contributed by atoms with Gasteiger partial charge in [-0.1, -0.05) is 0 Å². The molecule has 1 aliphatic carbocycles. The first-order chi connectivity index (χ1) is 14.8. The maximum atomic E-state index is 13.0. The Bertz CT molecular complexity index is 977. The molecule has 0 heterocycles. The molecular formula is C26H28Cl2HfNOSi. The van der Waals surface area contributed by atoms with E-state index in [1.807, 2.05) is 0 Å². The summed E-state index contributed by atoms with van der Waals surface area (Å²) >= 11 is -2.71. The topological polar surface area (TPSA) is 29.1 Å². The van der Waals surface area contributed by atoms with Gasteiger partial charge in [0.25, 0.3) is 0 Å². The molecule has 1 aliphatic rings. The van der Waals surface area contributed by atoms with Gasteiger partial charge in [0.05, 0.1) is 0 Å². The minimum atomic E-state index is -2.71. The van der Waals surface area contributed by atoms with Crippen molar-refractivity contribution < 1.29 is 50.5 Å². The number of carbonyl (C=O) groups excluding carboxylic acids is 1. The monoisotopic (exact) mass is 648 g/mol. The van der Waals surface area contributed by atoms with Crippen LogP contribution in [0.5, 0.6) is 0 Å². The third-order valence-corrected chi connectivity index (χ3v) is 32.7. The van der Waals surface area contributed by atoms with E-state index in [0.717, 1.165) is 12.8 Å². The Balaban J connectivity index is 0.00000181. The van der Waals surface area contributed by atoms with Crippen LogP contribution in [0.2, 0.25) is 0 Å². The Morgan fingerprint density at radius 1 is 0.875 bits per heavy atom. The molecule has 1 unspecified atom stereocenters. The van der Waals surface area contributed by atoms with E-state index in [2.05, 4.69) is 107 Å². The van der Waals surface area contributed by atoms with Crippen molar-refractivity contribution in [1.82, 2.24) is 3.30 Å². The number of carbonyl (C=O) groups is 1. The Hall–Kier alpha value is -1.46. The number of hydrogen-bond donors (Lipinski definition) is 1. The van der Waals surface area contributed by atoms with Crippen molar-refractivity contribution in [1.29, 1.82) is 0 Å². The zero-order chi connectivity index (χ0) is 20.8. The minimum absolute atomic E-state index is 0. The van der Waals surface area contributed by atoms with Gasteiger partial charge in [0, 0.05) is 0 Å². The number of unbranched alkanes of at least 4 members (excludes halogenated alkanes) is 1. The van der Waals surface area contributed by atoms with E-state index in [1.54, 1.807) is 0 Å². The molecule has 0 radical (unpaired) electrons. The number of benzene rings is 3. The summed E-state index contributed by atoms with van der Waals surface area (Å²) in [5.41, 5.74) is 2.74. The van der Waals surface area contributed by atoms with Crippen molar-refractivity contribution in [2.45, 2.75) is 29.9 Å². The van der Waals surface area contributed by atoms with Crippen LogP contribution in [0.4, 0.5) is 0 Å². The van der Waals surface area contributed by atoms with Crippen molar-refractivity contribution in [3.8, 4) is 0 Å². The van der Waals surface area contributed by atoms with Crippen LogP contribution in [0.15, 0.2) is 91.0 Å². The molecule has 0 aromatic heterocycles. The third-order valence-electron chi connectivity index (χ3n) is 5.75. The van der Waals surface area contributed by atoms with Crippen LogP contribution in [0.25, 0.3) is 6.08 Å². The third kappa shape index (κ3) is 6.32. The summed E-state index contributed by atoms with van der Waals surface area (Å²) in [5, 5.41) is 2.92. The van der Waals surface area contributed by atoms with Crippen LogP contribution in [-0.4, -0.2) is 11.9 Å². The molecular weight excluding hydrogens is 620 g/mol. The number of allylic oxidation sites excluding steroid dienone is 1. The van der Waals surface area contributed by atoms with Crippen molar-refractivity contribution in [3.05, 3.63) is 102 Å². The van der Waals surface area contributed by atoms with Gasteiger partial charge in [0.1, 0.15) is 0 Å². The van der Waals surface area contributed by atoms with E-state index in [1.165, 1.54) is 21.5 Å². The second-order valence-corrected chi connectivity index (χ2v) is 27.7. The largest absolute Gasteiger partial charge is 1.00 e. The molecule has 0 spiro atoms. The number of amides is 1. The molecule has 1 amide bonds. The Morgan fingerprint density at radius 3 is 2.03 bits per heavy atom. The molecule has 1 atom stereocenters. The fourth-order valence-corrected chi connectivity index (χ4v) is 33.5. The summed E-state index contributed by atoms with van der Waals surface area (Å²) in [5.74, 6) is -1.27. The van der Waals surface area contributed by atoms with Gasteiger partial charge in [-0.05, 0) is 0 Å². The smallest absolute Gasteiger partial charge is 1.00 e. The first-order valence-electron chi connectivity index (χ1n) is 10.8. The molecule has 0 saturated heterocycles. The predicted octanol–water partition coefficient (Wildman–Crippen LogP) is -1.86. The molecule has 0 bridgehead atoms. The van der Waals surface area contributed by atoms with Gasteiger partial charge in [-0.15, -0.1) is 0 Å². The quantitative estimate of drug-likeness (QED) is 0.286. The van der Waals surface area contributed by atoms with E-state index < -0.39 is 26.9 Å². The standard InChI is InChI=1S/C12H11Si.C9H7.C5H11NO.2ClH.Hf/c1-3-7-11(8-4-1)13-12-9-5-2-6-10-12;1-2-5-9-7-3-6-8(9)4-1;1-2-3-4-5(6)7;;;/h1-10,13H;1-7H;2-4H2,1H3,(H2,6,7);2*1H;/q;;;;;+3/p-3. The number of hydrogen-bond acceptors (Lipinski definition) is 1. The van der Waals surface area contributed by atoms with Gasteiger partial charge in [-0.3, -0.25) is 0 Å². The van der Waals surface area contributed by atoms with E-state index in [9.17, 15) is 4.79 Å². The fourth-order valence-electron chi connectivity index (χ4n) is 4.25. The number of halogens is 2. The molecule has 0 saturated carbocycles. The molecule has 3 aromatic rings. The SMILES string of the molecule is CCCCC(=O)[NH][Hf+2]([CH]1C=Cc2ccccc21)[SiH](c1ccccc1)c1ccccc1.[Cl-].[Cl-]. The Morgan fingerprint density at radius 2 is 1.44 bits per heavy atom. The van der Waals surface area contributed by atoms with Crippen LogP contribution in [0, 0.1) is 0 Å². The van der Waals surface area contributed by atoms with Gasteiger partial charge in [0.15, 0.2) is 0 Å². The van der Waals surface area contributed by atoms with E-state index >= 15 is 0 Å². The molecule has 3 aromatic carbocycles. The summed E-state index contributed by atoms with van der Waals surface area (Å²) < 4.78 is 4.13. The van der Waals surface area contributed by atoms with Crippen LogP contribution in [0.1, 0.15) is 41.0 Å². The van der Waals surface area contributed by atoms with E-state index in [-0.39, 0.29) is 30.7 Å². The average molecular weight is 648 g/mol. The molecule has 165 valence electrons. The van der Waals surface area contributed by atoms with Crippen LogP contribution >= 0.6 is 0 Å². The normalized spacial score (nSPS) is 13.6. The molecule has 0 fully saturated rings. The van der Waals surface area contributed by atoms with Crippen molar-refractivity contribution in [2.75, 3.05) is 0 Å². The van der Waals surface area contributed by atoms with Crippen LogP contribution in [-0.2, 0) is 25.7 Å². The zero-order valence-corrected chi connectivity index (χ0v) is 24.4. The summed E-state index contributed by atoms with van der Waals surface area (Å²) in [7, 11) is 0. The van der Waals surface area contributed by atoms with Crippen LogP contribution < -0.4 is 38.5 Å². The predicted molar refractivity (Wildman–Crippen MR) is 125 cm³/mol. The summed E-state index contributed by atoms with van der Waals surface area (Å²) in [6, 6.07) is 30.7. The summed E-state index contributed by atoms with van der Waals surface area (Å²) in [6.07, 6.45) is 7.32. The molecule has 2 nitrogen and oxygen atoms in total. The average Bonchev–Trinajstić information content (AvgIpc) is 3.23. The molecule has 1 N–H and O–H groups in total. The van der Waals surface area contributed by atoms with Gasteiger partial charge < -0.3 is 24.8 Å². The first kappa shape index (κ1) is 26.8. The van der Waals surface area contributed by atoms with Gasteiger partial charge in [-0.25, -0.2) is 0 Å². The zero-order valence-electron chi connectivity index (χ0n) is 18.2. The summed E-state index contributed by atoms with van der Waals surface area (Å²) in [4.78, 5) is 13.0. The van der Waals surface area contributed by atoms with Crippen molar-refractivity contribution in [3.63, 3.8) is 0 Å². The number of rotatable bonds is 8. The van der Waals surface area contributed by atoms with Gasteiger partial charge >= 0.3 is 189 Å². The Labute approximate surface area is 212 Å². The number of fused-ring (bicyclic) bond motifs is 1. The van der Waals surface area contributed by atoms with E-state index in [0.29, 0.717) is 10.1 Å². The molecule has 32 heavy (non-hydrogen) atoms. The maximum absolute atomic E-state index is 13.0. The van der Waals surface area contributed by atoms with Crippen molar-refractivity contribution >= 4 is 28.3 Å². The van der Waals surface area contributed by atoms with Crippen molar-refractivity contribution in [2.24, 2.45) is 0 Å². The van der Waals surface area contributed by atoms with Gasteiger partial charge in [0.2, 0.25) is 0 Å². The molecule has 4 rings (SSSR count). The fraction of sp³-hybridized carbons (Fsp3) is 0.192. The van der Waals surface area contributed by atoms with Crippen LogP contribution in [0.3, 0.4) is 0 Å². The van der Waals surface area contributed by atoms with E-state index in [4.69, 9.17) is 0 Å². The second kappa shape index (κ2) is 13.3. The summed E-state index contributed by atoms with van der Waals surface area (Å²) in [6.45, 7) is 2.15. The Kier molecular flexibility index (Phi) is 11.1. The minimum Gasteiger partial charge on any atom is -1.00 e. The number of nitrogens with one attached hydrogen (secondary N) is 1. The maximum Gasteiger partial charge on any atom is -1.00 e.